The topological polar surface area (TPSA) is 275 Å². The number of hydrogen-bond donors (Lipinski definition) is 4. The van der Waals surface area contributed by atoms with Gasteiger partial charge in [-0.05, 0) is 5.56 Å². The first-order valence-electron chi connectivity index (χ1n) is 10.1. The molecule has 1 saturated heterocycles. The molecule has 3 aromatic rings. The Morgan fingerprint density at radius 1 is 0.975 bits per heavy atom. The molecule has 202 valence electrons. The minimum absolute atomic E-state index is 0. The van der Waals surface area contributed by atoms with Gasteiger partial charge in [0.15, 0.2) is 6.23 Å². The normalized spacial score (nSPS) is 24.9. The van der Waals surface area contributed by atoms with Crippen LogP contribution in [0.2, 0.25) is 0 Å². The predicted octanol–water partition coefficient (Wildman–Crippen LogP) is -10.2. The summed E-state index contributed by atoms with van der Waals surface area (Å²) >= 11 is 0. The predicted molar refractivity (Wildman–Crippen MR) is 116 cm³/mol. The van der Waals surface area contributed by atoms with E-state index in [9.17, 15) is 38.6 Å². The van der Waals surface area contributed by atoms with Gasteiger partial charge < -0.3 is 49.3 Å². The average molecular weight is 648 g/mol. The van der Waals surface area contributed by atoms with Crippen LogP contribution in [0.5, 0.6) is 0 Å². The minimum Gasteiger partial charge on any atom is -0.756 e. The molecule has 7 atom stereocenters. The van der Waals surface area contributed by atoms with Crippen LogP contribution in [0.4, 0.5) is 5.82 Å². The van der Waals surface area contributed by atoms with Gasteiger partial charge in [-0.2, -0.15) is 0 Å². The summed E-state index contributed by atoms with van der Waals surface area (Å²) in [5.41, 5.74) is 7.56. The molecule has 2 aromatic heterocycles. The third kappa shape index (κ3) is 9.46. The smallest absolute Gasteiger partial charge is 0.756 e. The second kappa shape index (κ2) is 15.3. The zero-order chi connectivity index (χ0) is 27.2. The van der Waals surface area contributed by atoms with E-state index in [1.807, 2.05) is 0 Å². The van der Waals surface area contributed by atoms with Crippen molar-refractivity contribution < 1.29 is 150 Å². The number of aromatic nitrogens is 3. The fraction of sp³-hybridized carbons (Fsp3) is 0.294. The van der Waals surface area contributed by atoms with Crippen molar-refractivity contribution in [2.24, 2.45) is 0 Å². The van der Waals surface area contributed by atoms with E-state index in [4.69, 9.17) is 15.4 Å². The van der Waals surface area contributed by atoms with E-state index < -0.39 is 54.6 Å². The number of phosphoric acid groups is 3. The van der Waals surface area contributed by atoms with Gasteiger partial charge in [-0.15, -0.1) is 0 Å². The molecule has 3 heterocycles. The monoisotopic (exact) mass is 648 g/mol. The molecule has 40 heavy (non-hydrogen) atoms. The van der Waals surface area contributed by atoms with Crippen LogP contribution in [0.1, 0.15) is 6.23 Å². The molecule has 1 fully saturated rings. The number of benzene rings is 1. The van der Waals surface area contributed by atoms with Crippen molar-refractivity contribution in [2.45, 2.75) is 24.5 Å². The molecule has 17 nitrogen and oxygen atoms in total. The maximum Gasteiger partial charge on any atom is 1.00 e. The second-order valence-corrected chi connectivity index (χ2v) is 11.9. The van der Waals surface area contributed by atoms with E-state index in [1.54, 1.807) is 30.3 Å². The summed E-state index contributed by atoms with van der Waals surface area (Å²) in [7, 11) is -17.8. The molecule has 23 heteroatoms. The van der Waals surface area contributed by atoms with Crippen molar-refractivity contribution >= 4 is 40.3 Å². The van der Waals surface area contributed by atoms with Gasteiger partial charge in [0.05, 0.1) is 12.0 Å². The van der Waals surface area contributed by atoms with Crippen LogP contribution in [0.15, 0.2) is 42.9 Å². The average Bonchev–Trinajstić information content (AvgIpc) is 3.29. The molecule has 1 aromatic carbocycles. The zero-order valence-corrected chi connectivity index (χ0v) is 29.9. The van der Waals surface area contributed by atoms with E-state index >= 15 is 0 Å². The van der Waals surface area contributed by atoms with E-state index in [1.165, 1.54) is 17.1 Å². The van der Waals surface area contributed by atoms with E-state index in [0.717, 1.165) is 5.56 Å². The quantitative estimate of drug-likeness (QED) is 0.124. The molecule has 0 spiro atoms. The molecule has 1 aliphatic rings. The number of aliphatic hydroxyl groups excluding tert-OH is 2. The van der Waals surface area contributed by atoms with Gasteiger partial charge in [0.2, 0.25) is 0 Å². The first-order valence-corrected chi connectivity index (χ1v) is 14.5. The minimum atomic E-state index is -6.10. The molecule has 1 aliphatic heterocycles. The third-order valence-electron chi connectivity index (χ3n) is 5.13. The number of anilines is 1. The maximum absolute atomic E-state index is 11.8. The SMILES string of the molecule is Nc1ncnc2c1c(-c1ccccc1)cn2[C@@H]1O[C@H](COP(=O)([O-])OP(=O)([O-])OP(=O)([O-])O)C(O)[C@@H]1O.[Na+].[Na+].[Na+]. The molecule has 0 radical (unpaired) electrons. The maximum atomic E-state index is 11.8. The van der Waals surface area contributed by atoms with Gasteiger partial charge in [0.1, 0.15) is 36.1 Å². The molecule has 0 amide bonds. The first-order chi connectivity index (χ1) is 17.2. The number of phosphoric ester groups is 1. The largest absolute Gasteiger partial charge is 1.00 e. The van der Waals surface area contributed by atoms with Gasteiger partial charge in [-0.25, -0.2) is 18.6 Å². The van der Waals surface area contributed by atoms with Crippen molar-refractivity contribution in [1.82, 2.24) is 14.5 Å². The standard InChI is InChI=1S/C17H21N4O13P3.3Na/c18-15-12-10(9-4-2-1-3-5-9)6-21(16(12)20-8-19-15)17-14(23)13(22)11(32-17)7-31-36(27,28)34-37(29,30)33-35(24,25)26;;;/h1-6,8,11,13-14,17,22-23H,7H2,(H,27,28)(H,29,30)(H2,18,19,20)(H2,24,25,26);;;/q;3*+1/p-3/t11-,13?,14+,17-;;;/m1.../s1. The molecular formula is C17H18N4Na3O13P3. The first kappa shape index (κ1) is 39.0. The van der Waals surface area contributed by atoms with Crippen LogP contribution in [0.25, 0.3) is 22.2 Å². The Hall–Kier alpha value is 0.930. The van der Waals surface area contributed by atoms with Gasteiger partial charge in [0.25, 0.3) is 23.5 Å². The summed E-state index contributed by atoms with van der Waals surface area (Å²) in [5.74, 6) is 0.120. The number of hydrogen-bond acceptors (Lipinski definition) is 15. The van der Waals surface area contributed by atoms with Gasteiger partial charge in [-0.1, -0.05) is 30.3 Å². The van der Waals surface area contributed by atoms with Crippen LogP contribution in [-0.2, 0) is 31.6 Å². The Morgan fingerprint density at radius 3 is 2.20 bits per heavy atom. The molecule has 0 saturated carbocycles. The summed E-state index contributed by atoms with van der Waals surface area (Å²) < 4.78 is 51.7. The van der Waals surface area contributed by atoms with Crippen LogP contribution in [0, 0.1) is 0 Å². The molecular weight excluding hydrogens is 630 g/mol. The van der Waals surface area contributed by atoms with E-state index in [0.29, 0.717) is 10.9 Å². The van der Waals surface area contributed by atoms with Crippen LogP contribution >= 0.6 is 23.5 Å². The fourth-order valence-electron chi connectivity index (χ4n) is 3.69. The Kier molecular flexibility index (Phi) is 14.9. The van der Waals surface area contributed by atoms with E-state index in [2.05, 4.69) is 23.1 Å². The van der Waals surface area contributed by atoms with Crippen LogP contribution in [0.3, 0.4) is 0 Å². The molecule has 4 rings (SSSR count). The second-order valence-electron chi connectivity index (χ2n) is 7.64. The molecule has 0 aliphatic carbocycles. The number of ether oxygens (including phenoxy) is 1. The molecule has 5 N–H and O–H groups in total. The Morgan fingerprint density at radius 2 is 1.60 bits per heavy atom. The summed E-state index contributed by atoms with van der Waals surface area (Å²) in [6.07, 6.45) is -3.56. The number of aliphatic hydroxyl groups is 2. The summed E-state index contributed by atoms with van der Waals surface area (Å²) in [6, 6.07) is 8.93. The van der Waals surface area contributed by atoms with Crippen molar-refractivity contribution in [3.63, 3.8) is 0 Å². The Labute approximate surface area is 292 Å². The van der Waals surface area contributed by atoms with Gasteiger partial charge in [0, 0.05) is 11.8 Å². The van der Waals surface area contributed by atoms with E-state index in [-0.39, 0.29) is 100 Å². The van der Waals surface area contributed by atoms with Gasteiger partial charge in [-0.3, -0.25) is 13.7 Å². The van der Waals surface area contributed by atoms with Crippen LogP contribution < -0.4 is 109 Å². The Balaban J connectivity index is 0.00000267. The van der Waals surface area contributed by atoms with Gasteiger partial charge >= 0.3 is 88.7 Å². The fourth-order valence-corrected chi connectivity index (χ4v) is 6.58. The molecule has 0 bridgehead atoms. The Bertz CT molecular complexity index is 1450. The number of nitrogen functional groups attached to an aromatic ring is 1. The number of rotatable bonds is 9. The number of nitrogens with two attached hydrogens (primary N) is 1. The van der Waals surface area contributed by atoms with Crippen LogP contribution in [-0.4, -0.2) is 54.6 Å². The van der Waals surface area contributed by atoms with Crippen molar-refractivity contribution in [3.05, 3.63) is 42.9 Å². The molecule has 4 unspecified atom stereocenters. The third-order valence-corrected chi connectivity index (χ3v) is 8.83. The summed E-state index contributed by atoms with van der Waals surface area (Å²) in [5, 5.41) is 21.5. The number of fused-ring (bicyclic) bond motifs is 1. The van der Waals surface area contributed by atoms with Crippen molar-refractivity contribution in [2.75, 3.05) is 12.3 Å². The van der Waals surface area contributed by atoms with Crippen molar-refractivity contribution in [1.29, 1.82) is 0 Å². The summed E-state index contributed by atoms with van der Waals surface area (Å²) in [6.45, 7) is -1.06. The van der Waals surface area contributed by atoms with Crippen molar-refractivity contribution in [3.8, 4) is 11.1 Å². The summed E-state index contributed by atoms with van der Waals surface area (Å²) in [4.78, 5) is 50.3. The number of nitrogens with zero attached hydrogens (tertiary/aromatic N) is 3. The zero-order valence-electron chi connectivity index (χ0n) is 21.2.